The summed E-state index contributed by atoms with van der Waals surface area (Å²) in [5.74, 6) is -1.35. The zero-order valence-corrected chi connectivity index (χ0v) is 10.3. The normalized spacial score (nSPS) is 19.3. The van der Waals surface area contributed by atoms with E-state index in [0.717, 1.165) is 18.2 Å². The molecule has 7 heteroatoms. The predicted octanol–water partition coefficient (Wildman–Crippen LogP) is 1.59. The third-order valence-electron chi connectivity index (χ3n) is 2.92. The van der Waals surface area contributed by atoms with Crippen molar-refractivity contribution < 1.29 is 18.8 Å². The lowest BCUT2D eigenvalue weighted by atomic mass is 10.1. The van der Waals surface area contributed by atoms with Crippen LogP contribution in [0.15, 0.2) is 18.2 Å². The number of nitrogens with zero attached hydrogens (tertiary/aromatic N) is 2. The van der Waals surface area contributed by atoms with E-state index < -0.39 is 16.6 Å². The third kappa shape index (κ3) is 2.87. The minimum atomic E-state index is -0.877. The summed E-state index contributed by atoms with van der Waals surface area (Å²) in [6.45, 7) is 3.00. The van der Waals surface area contributed by atoms with E-state index in [-0.39, 0.29) is 17.4 Å². The average Bonchev–Trinajstić information content (AvgIpc) is 2.37. The molecule has 19 heavy (non-hydrogen) atoms. The molecular formula is C12H13FN2O4. The molecular weight excluding hydrogens is 255 g/mol. The van der Waals surface area contributed by atoms with Gasteiger partial charge in [0.2, 0.25) is 0 Å². The average molecular weight is 268 g/mol. The van der Waals surface area contributed by atoms with Crippen LogP contribution in [-0.2, 0) is 4.74 Å². The molecule has 0 saturated carbocycles. The van der Waals surface area contributed by atoms with Crippen molar-refractivity contribution in [3.63, 3.8) is 0 Å². The fourth-order valence-electron chi connectivity index (χ4n) is 1.96. The van der Waals surface area contributed by atoms with Crippen LogP contribution in [-0.4, -0.2) is 41.5 Å². The van der Waals surface area contributed by atoms with Gasteiger partial charge in [-0.3, -0.25) is 14.9 Å². The Labute approximate surface area is 108 Å². The summed E-state index contributed by atoms with van der Waals surface area (Å²) in [6, 6.07) is 3.03. The number of hydrogen-bond acceptors (Lipinski definition) is 4. The number of morpholine rings is 1. The van der Waals surface area contributed by atoms with Crippen LogP contribution in [0, 0.1) is 15.9 Å². The van der Waals surface area contributed by atoms with Crippen LogP contribution in [0.3, 0.4) is 0 Å². The molecule has 0 radical (unpaired) electrons. The van der Waals surface area contributed by atoms with Crippen LogP contribution in [0.5, 0.6) is 0 Å². The first-order chi connectivity index (χ1) is 8.99. The molecule has 1 aliphatic heterocycles. The minimum absolute atomic E-state index is 0.0983. The summed E-state index contributed by atoms with van der Waals surface area (Å²) in [5.41, 5.74) is -0.524. The molecule has 0 aliphatic carbocycles. The smallest absolute Gasteiger partial charge is 0.272 e. The molecule has 1 fully saturated rings. The zero-order chi connectivity index (χ0) is 14.0. The first-order valence-corrected chi connectivity index (χ1v) is 5.84. The van der Waals surface area contributed by atoms with Crippen molar-refractivity contribution in [2.45, 2.75) is 13.0 Å². The van der Waals surface area contributed by atoms with Crippen LogP contribution in [0.2, 0.25) is 0 Å². The maximum Gasteiger partial charge on any atom is 0.272 e. The zero-order valence-electron chi connectivity index (χ0n) is 10.3. The number of halogens is 1. The van der Waals surface area contributed by atoms with Crippen molar-refractivity contribution in [3.8, 4) is 0 Å². The largest absolute Gasteiger partial charge is 0.375 e. The van der Waals surface area contributed by atoms with Gasteiger partial charge in [-0.25, -0.2) is 4.39 Å². The van der Waals surface area contributed by atoms with Gasteiger partial charge in [-0.2, -0.15) is 0 Å². The molecule has 1 unspecified atom stereocenters. The fraction of sp³-hybridized carbons (Fsp3) is 0.417. The van der Waals surface area contributed by atoms with Crippen LogP contribution in [0.1, 0.15) is 17.3 Å². The highest BCUT2D eigenvalue weighted by molar-refractivity contribution is 5.94. The predicted molar refractivity (Wildman–Crippen MR) is 64.4 cm³/mol. The van der Waals surface area contributed by atoms with E-state index in [2.05, 4.69) is 0 Å². The van der Waals surface area contributed by atoms with Crippen molar-refractivity contribution in [2.24, 2.45) is 0 Å². The number of hydrogen-bond donors (Lipinski definition) is 0. The molecule has 0 spiro atoms. The topological polar surface area (TPSA) is 72.7 Å². The molecule has 2 rings (SSSR count). The molecule has 1 aromatic rings. The summed E-state index contributed by atoms with van der Waals surface area (Å²) >= 11 is 0. The Morgan fingerprint density at radius 3 is 2.89 bits per heavy atom. The number of nitro groups is 1. The molecule has 1 amide bonds. The Bertz CT molecular complexity index is 520. The van der Waals surface area contributed by atoms with Crippen molar-refractivity contribution in [2.75, 3.05) is 19.7 Å². The summed E-state index contributed by atoms with van der Waals surface area (Å²) in [6.07, 6.45) is -0.0983. The van der Waals surface area contributed by atoms with Crippen LogP contribution in [0.25, 0.3) is 0 Å². The van der Waals surface area contributed by atoms with Gasteiger partial charge in [0.05, 0.1) is 29.3 Å². The Morgan fingerprint density at radius 1 is 1.58 bits per heavy atom. The number of amides is 1. The molecule has 0 bridgehead atoms. The molecule has 1 saturated heterocycles. The Kier molecular flexibility index (Phi) is 3.75. The second-order valence-electron chi connectivity index (χ2n) is 4.35. The van der Waals surface area contributed by atoms with Crippen molar-refractivity contribution in [3.05, 3.63) is 39.7 Å². The summed E-state index contributed by atoms with van der Waals surface area (Å²) in [7, 11) is 0. The SMILES string of the molecule is CC1CN(C(=O)c2ccc([N+](=O)[O-])cc2F)CCO1. The highest BCUT2D eigenvalue weighted by atomic mass is 19.1. The maximum absolute atomic E-state index is 13.7. The number of carbonyl (C=O) groups is 1. The van der Waals surface area contributed by atoms with Crippen molar-refractivity contribution in [1.29, 1.82) is 0 Å². The van der Waals surface area contributed by atoms with E-state index in [1.807, 2.05) is 6.92 Å². The van der Waals surface area contributed by atoms with E-state index in [0.29, 0.717) is 19.7 Å². The van der Waals surface area contributed by atoms with E-state index >= 15 is 0 Å². The third-order valence-corrected chi connectivity index (χ3v) is 2.92. The Morgan fingerprint density at radius 2 is 2.32 bits per heavy atom. The molecule has 6 nitrogen and oxygen atoms in total. The van der Waals surface area contributed by atoms with Crippen molar-refractivity contribution in [1.82, 2.24) is 4.90 Å². The van der Waals surface area contributed by atoms with E-state index in [1.54, 1.807) is 0 Å². The van der Waals surface area contributed by atoms with Crippen LogP contribution in [0.4, 0.5) is 10.1 Å². The van der Waals surface area contributed by atoms with E-state index in [9.17, 15) is 19.3 Å². The highest BCUT2D eigenvalue weighted by Gasteiger charge is 2.25. The number of ether oxygens (including phenoxy) is 1. The first-order valence-electron chi connectivity index (χ1n) is 5.84. The van der Waals surface area contributed by atoms with E-state index in [1.165, 1.54) is 4.90 Å². The summed E-state index contributed by atoms with van der Waals surface area (Å²) in [4.78, 5) is 23.4. The maximum atomic E-state index is 13.7. The minimum Gasteiger partial charge on any atom is -0.375 e. The number of benzene rings is 1. The van der Waals surface area contributed by atoms with Gasteiger partial charge < -0.3 is 9.64 Å². The van der Waals surface area contributed by atoms with Crippen LogP contribution < -0.4 is 0 Å². The van der Waals surface area contributed by atoms with Gasteiger partial charge >= 0.3 is 0 Å². The lowest BCUT2D eigenvalue weighted by molar-refractivity contribution is -0.385. The summed E-state index contributed by atoms with van der Waals surface area (Å²) in [5, 5.41) is 10.5. The molecule has 1 aliphatic rings. The standard InChI is InChI=1S/C12H13FN2O4/c1-8-7-14(4-5-19-8)12(16)10-3-2-9(15(17)18)6-11(10)13/h2-3,6,8H,4-5,7H2,1H3. The van der Waals surface area contributed by atoms with Gasteiger partial charge in [-0.1, -0.05) is 0 Å². The quantitative estimate of drug-likeness (QED) is 0.603. The van der Waals surface area contributed by atoms with Gasteiger partial charge in [0, 0.05) is 19.2 Å². The van der Waals surface area contributed by atoms with Crippen molar-refractivity contribution >= 4 is 11.6 Å². The summed E-state index contributed by atoms with van der Waals surface area (Å²) < 4.78 is 19.0. The van der Waals surface area contributed by atoms with Gasteiger partial charge in [0.1, 0.15) is 5.82 Å². The molecule has 0 N–H and O–H groups in total. The van der Waals surface area contributed by atoms with Gasteiger partial charge in [0.25, 0.3) is 11.6 Å². The molecule has 102 valence electrons. The van der Waals surface area contributed by atoms with Crippen LogP contribution >= 0.6 is 0 Å². The Hall–Kier alpha value is -2.02. The number of nitro benzene ring substituents is 1. The monoisotopic (exact) mass is 268 g/mol. The highest BCUT2D eigenvalue weighted by Crippen LogP contribution is 2.19. The fourth-order valence-corrected chi connectivity index (χ4v) is 1.96. The van der Waals surface area contributed by atoms with Gasteiger partial charge in [-0.15, -0.1) is 0 Å². The number of rotatable bonds is 2. The number of carbonyl (C=O) groups excluding carboxylic acids is 1. The van der Waals surface area contributed by atoms with Gasteiger partial charge in [-0.05, 0) is 13.0 Å². The molecule has 1 heterocycles. The number of non-ortho nitro benzene ring substituents is 1. The molecule has 1 atom stereocenters. The second kappa shape index (κ2) is 5.31. The first kappa shape index (κ1) is 13.4. The lowest BCUT2D eigenvalue weighted by Crippen LogP contribution is -2.44. The molecule has 1 aromatic carbocycles. The van der Waals surface area contributed by atoms with E-state index in [4.69, 9.17) is 4.74 Å². The molecule has 0 aromatic heterocycles. The lowest BCUT2D eigenvalue weighted by Gasteiger charge is -2.31. The van der Waals surface area contributed by atoms with Gasteiger partial charge in [0.15, 0.2) is 0 Å². The second-order valence-corrected chi connectivity index (χ2v) is 4.35. The Balaban J connectivity index is 2.21.